The van der Waals surface area contributed by atoms with Gasteiger partial charge in [-0.2, -0.15) is 0 Å². The van der Waals surface area contributed by atoms with Crippen LogP contribution in [0.25, 0.3) is 0 Å². The number of nitrogens with one attached hydrogen (secondary N) is 1. The van der Waals surface area contributed by atoms with Gasteiger partial charge in [0.25, 0.3) is 0 Å². The van der Waals surface area contributed by atoms with Crippen LogP contribution >= 0.6 is 34.2 Å². The van der Waals surface area contributed by atoms with Crippen LogP contribution < -0.4 is 5.32 Å². The van der Waals surface area contributed by atoms with E-state index in [1.54, 1.807) is 0 Å². The Morgan fingerprint density at radius 2 is 2.21 bits per heavy atom. The Morgan fingerprint density at radius 1 is 1.43 bits per heavy atom. The molecule has 0 spiro atoms. The van der Waals surface area contributed by atoms with Gasteiger partial charge in [-0.15, -0.1) is 0 Å². The third kappa shape index (κ3) is 3.11. The van der Waals surface area contributed by atoms with Crippen LogP contribution in [0.4, 0.5) is 0 Å². The molecular weight excluding hydrogens is 308 g/mol. The summed E-state index contributed by atoms with van der Waals surface area (Å²) in [7, 11) is 0. The highest BCUT2D eigenvalue weighted by Crippen LogP contribution is 2.27. The molecule has 1 aliphatic rings. The molecule has 0 amide bonds. The standard InChI is InChI=1S/C11H13ClIN/c12-10-5-9(3-4-11(10)13)7-14-6-8-1-2-8/h3-5,8,14H,1-2,6-7H2. The van der Waals surface area contributed by atoms with Crippen LogP contribution in [-0.4, -0.2) is 6.54 Å². The normalized spacial score (nSPS) is 15.9. The molecule has 0 unspecified atom stereocenters. The van der Waals surface area contributed by atoms with Gasteiger partial charge < -0.3 is 5.32 Å². The fraction of sp³-hybridized carbons (Fsp3) is 0.455. The highest BCUT2D eigenvalue weighted by Gasteiger charge is 2.19. The summed E-state index contributed by atoms with van der Waals surface area (Å²) in [6.45, 7) is 2.09. The van der Waals surface area contributed by atoms with Crippen LogP contribution in [0.3, 0.4) is 0 Å². The van der Waals surface area contributed by atoms with Gasteiger partial charge in [-0.05, 0) is 65.6 Å². The molecular formula is C11H13ClIN. The molecule has 0 radical (unpaired) electrons. The largest absolute Gasteiger partial charge is 0.312 e. The van der Waals surface area contributed by atoms with Crippen molar-refractivity contribution in [1.29, 1.82) is 0 Å². The number of hydrogen-bond donors (Lipinski definition) is 1. The van der Waals surface area contributed by atoms with Gasteiger partial charge in [0.05, 0.1) is 5.02 Å². The Kier molecular flexibility index (Phi) is 3.68. The third-order valence-electron chi connectivity index (χ3n) is 2.44. The van der Waals surface area contributed by atoms with Gasteiger partial charge in [-0.3, -0.25) is 0 Å². The van der Waals surface area contributed by atoms with Gasteiger partial charge in [0.1, 0.15) is 0 Å². The molecule has 0 aliphatic heterocycles. The Hall–Kier alpha value is 0.200. The fourth-order valence-corrected chi connectivity index (χ4v) is 1.93. The van der Waals surface area contributed by atoms with Crippen LogP contribution in [0.5, 0.6) is 0 Å². The number of rotatable bonds is 4. The van der Waals surface area contributed by atoms with Crippen molar-refractivity contribution in [2.75, 3.05) is 6.54 Å². The highest BCUT2D eigenvalue weighted by atomic mass is 127. The minimum atomic E-state index is 0.858. The van der Waals surface area contributed by atoms with E-state index in [-0.39, 0.29) is 0 Å². The van der Waals surface area contributed by atoms with Crippen LogP contribution in [-0.2, 0) is 6.54 Å². The van der Waals surface area contributed by atoms with Crippen LogP contribution in [0.1, 0.15) is 18.4 Å². The van der Waals surface area contributed by atoms with Crippen molar-refractivity contribution in [1.82, 2.24) is 5.32 Å². The van der Waals surface area contributed by atoms with Gasteiger partial charge in [0.15, 0.2) is 0 Å². The van der Waals surface area contributed by atoms with Gasteiger partial charge in [0.2, 0.25) is 0 Å². The van der Waals surface area contributed by atoms with Crippen molar-refractivity contribution < 1.29 is 0 Å². The minimum Gasteiger partial charge on any atom is -0.312 e. The van der Waals surface area contributed by atoms with Crippen LogP contribution in [0.2, 0.25) is 5.02 Å². The fourth-order valence-electron chi connectivity index (χ4n) is 1.39. The second-order valence-electron chi connectivity index (χ2n) is 3.82. The van der Waals surface area contributed by atoms with E-state index in [1.807, 2.05) is 6.07 Å². The summed E-state index contributed by atoms with van der Waals surface area (Å²) >= 11 is 8.28. The van der Waals surface area contributed by atoms with E-state index in [9.17, 15) is 0 Å². The lowest BCUT2D eigenvalue weighted by atomic mass is 10.2. The molecule has 14 heavy (non-hydrogen) atoms. The molecule has 1 aliphatic carbocycles. The van der Waals surface area contributed by atoms with Gasteiger partial charge in [-0.1, -0.05) is 17.7 Å². The first kappa shape index (κ1) is 10.7. The van der Waals surface area contributed by atoms with Crippen molar-refractivity contribution in [2.45, 2.75) is 19.4 Å². The van der Waals surface area contributed by atoms with E-state index in [1.165, 1.54) is 18.4 Å². The topological polar surface area (TPSA) is 12.0 Å². The third-order valence-corrected chi connectivity index (χ3v) is 4.02. The molecule has 0 bridgehead atoms. The van der Waals surface area contributed by atoms with Crippen molar-refractivity contribution in [3.8, 4) is 0 Å². The predicted octanol–water partition coefficient (Wildman–Crippen LogP) is 3.44. The molecule has 1 fully saturated rings. The Bertz CT molecular complexity index is 323. The average Bonchev–Trinajstić information content (AvgIpc) is 2.95. The zero-order chi connectivity index (χ0) is 9.97. The average molecular weight is 322 g/mol. The van der Waals surface area contributed by atoms with Crippen LogP contribution in [0.15, 0.2) is 18.2 Å². The Labute approximate surface area is 103 Å². The monoisotopic (exact) mass is 321 g/mol. The van der Waals surface area contributed by atoms with E-state index in [4.69, 9.17) is 11.6 Å². The zero-order valence-corrected chi connectivity index (χ0v) is 10.8. The Morgan fingerprint density at radius 3 is 2.86 bits per heavy atom. The maximum absolute atomic E-state index is 6.03. The van der Waals surface area contributed by atoms with Crippen molar-refractivity contribution in [3.63, 3.8) is 0 Å². The summed E-state index contributed by atoms with van der Waals surface area (Å²) in [6.07, 6.45) is 2.81. The van der Waals surface area contributed by atoms with E-state index in [0.29, 0.717) is 0 Å². The molecule has 0 heterocycles. The maximum Gasteiger partial charge on any atom is 0.0542 e. The molecule has 76 valence electrons. The lowest BCUT2D eigenvalue weighted by molar-refractivity contribution is 0.638. The van der Waals surface area contributed by atoms with Gasteiger partial charge in [0, 0.05) is 10.1 Å². The van der Waals surface area contributed by atoms with E-state index in [2.05, 4.69) is 40.0 Å². The number of halogens is 2. The molecule has 3 heteroatoms. The molecule has 1 N–H and O–H groups in total. The zero-order valence-electron chi connectivity index (χ0n) is 7.89. The molecule has 1 saturated carbocycles. The summed E-state index contributed by atoms with van der Waals surface area (Å²) in [5.41, 5.74) is 1.27. The SMILES string of the molecule is Clc1cc(CNCC2CC2)ccc1I. The second-order valence-corrected chi connectivity index (χ2v) is 5.39. The number of hydrogen-bond acceptors (Lipinski definition) is 1. The predicted molar refractivity (Wildman–Crippen MR) is 68.6 cm³/mol. The minimum absolute atomic E-state index is 0.858. The lowest BCUT2D eigenvalue weighted by Gasteiger charge is -2.04. The summed E-state index contributed by atoms with van der Waals surface area (Å²) in [6, 6.07) is 6.24. The van der Waals surface area contributed by atoms with Crippen molar-refractivity contribution in [3.05, 3.63) is 32.4 Å². The molecule has 1 nitrogen and oxygen atoms in total. The molecule has 1 aromatic rings. The second kappa shape index (κ2) is 4.81. The van der Waals surface area contributed by atoms with E-state index in [0.717, 1.165) is 27.6 Å². The molecule has 0 saturated heterocycles. The van der Waals surface area contributed by atoms with Crippen molar-refractivity contribution in [2.24, 2.45) is 5.92 Å². The first-order valence-corrected chi connectivity index (χ1v) is 6.36. The summed E-state index contributed by atoms with van der Waals surface area (Å²) in [5.74, 6) is 0.939. The maximum atomic E-state index is 6.03. The van der Waals surface area contributed by atoms with E-state index >= 15 is 0 Å². The lowest BCUT2D eigenvalue weighted by Crippen LogP contribution is -2.15. The molecule has 0 atom stereocenters. The summed E-state index contributed by atoms with van der Waals surface area (Å²) in [4.78, 5) is 0. The molecule has 2 rings (SSSR count). The Balaban J connectivity index is 1.85. The molecule has 1 aromatic carbocycles. The van der Waals surface area contributed by atoms with Crippen molar-refractivity contribution >= 4 is 34.2 Å². The molecule has 0 aromatic heterocycles. The first-order valence-electron chi connectivity index (χ1n) is 4.90. The quantitative estimate of drug-likeness (QED) is 0.838. The summed E-state index contributed by atoms with van der Waals surface area (Å²) in [5, 5.41) is 4.31. The smallest absolute Gasteiger partial charge is 0.0542 e. The number of benzene rings is 1. The summed E-state index contributed by atoms with van der Waals surface area (Å²) < 4.78 is 1.12. The van der Waals surface area contributed by atoms with Gasteiger partial charge in [-0.25, -0.2) is 0 Å². The van der Waals surface area contributed by atoms with E-state index < -0.39 is 0 Å². The first-order chi connectivity index (χ1) is 6.75. The highest BCUT2D eigenvalue weighted by molar-refractivity contribution is 14.1. The van der Waals surface area contributed by atoms with Gasteiger partial charge >= 0.3 is 0 Å². The van der Waals surface area contributed by atoms with Crippen LogP contribution in [0, 0.1) is 9.49 Å².